The summed E-state index contributed by atoms with van der Waals surface area (Å²) in [5.41, 5.74) is 3.83. The third-order valence-corrected chi connectivity index (χ3v) is 6.13. The average molecular weight is 546 g/mol. The van der Waals surface area contributed by atoms with Crippen LogP contribution in [-0.2, 0) is 13.0 Å². The normalized spacial score (nSPS) is 12.1. The third kappa shape index (κ3) is 6.85. The van der Waals surface area contributed by atoms with Gasteiger partial charge in [0.05, 0.1) is 24.2 Å². The van der Waals surface area contributed by atoms with E-state index in [-0.39, 0.29) is 41.8 Å². The maximum Gasteiger partial charge on any atom is 0.248 e. The number of halogens is 3. The highest BCUT2D eigenvalue weighted by atomic mass is 35.5. The molecule has 0 spiro atoms. The standard InChI is InChI=1S/C27H26Cl2FN3O4/c1-15-7-19(28)11-21(8-15)36-26-23(29)6-4-18(25(26)30)10-24-32-33-27(37-24)22-5-3-17(9-16(22)2)12-31-13-20(35)14-34/h3-9,11,20,31,34-35H,10,12-14H2,1-2H3. The fraction of sp³-hybridized carbons (Fsp3) is 0.259. The molecule has 194 valence electrons. The second-order valence-electron chi connectivity index (χ2n) is 8.71. The predicted molar refractivity (Wildman–Crippen MR) is 140 cm³/mol. The summed E-state index contributed by atoms with van der Waals surface area (Å²) in [7, 11) is 0. The third-order valence-electron chi connectivity index (χ3n) is 5.61. The van der Waals surface area contributed by atoms with Crippen LogP contribution >= 0.6 is 23.2 Å². The van der Waals surface area contributed by atoms with Crippen LogP contribution in [-0.4, -0.2) is 39.7 Å². The van der Waals surface area contributed by atoms with E-state index < -0.39 is 11.9 Å². The summed E-state index contributed by atoms with van der Waals surface area (Å²) in [6.07, 6.45) is -0.749. The van der Waals surface area contributed by atoms with E-state index in [9.17, 15) is 5.11 Å². The fourth-order valence-electron chi connectivity index (χ4n) is 3.80. The molecule has 1 aromatic heterocycles. The van der Waals surface area contributed by atoms with E-state index >= 15 is 4.39 Å². The lowest BCUT2D eigenvalue weighted by molar-refractivity contribution is 0.0942. The maximum atomic E-state index is 15.4. The minimum atomic E-state index is -0.800. The molecule has 4 rings (SSSR count). The number of nitrogens with zero attached hydrogens (tertiary/aromatic N) is 2. The fourth-order valence-corrected chi connectivity index (χ4v) is 4.27. The number of hydrogen-bond donors (Lipinski definition) is 3. The summed E-state index contributed by atoms with van der Waals surface area (Å²) < 4.78 is 26.9. The minimum absolute atomic E-state index is 0.0508. The van der Waals surface area contributed by atoms with Crippen LogP contribution in [0.5, 0.6) is 11.5 Å². The average Bonchev–Trinajstić information content (AvgIpc) is 3.31. The number of nitrogens with one attached hydrogen (secondary N) is 1. The highest BCUT2D eigenvalue weighted by molar-refractivity contribution is 6.32. The minimum Gasteiger partial charge on any atom is -0.453 e. The van der Waals surface area contributed by atoms with Crippen molar-refractivity contribution in [3.05, 3.63) is 92.5 Å². The molecule has 3 aromatic carbocycles. The van der Waals surface area contributed by atoms with Gasteiger partial charge in [-0.25, -0.2) is 4.39 Å². The Balaban J connectivity index is 1.49. The molecule has 0 saturated carbocycles. The van der Waals surface area contributed by atoms with Crippen LogP contribution in [0.4, 0.5) is 4.39 Å². The molecule has 0 aliphatic heterocycles. The second-order valence-corrected chi connectivity index (χ2v) is 9.55. The Labute approximate surface area is 223 Å². The van der Waals surface area contributed by atoms with E-state index in [0.717, 1.165) is 22.3 Å². The van der Waals surface area contributed by atoms with E-state index in [1.165, 1.54) is 0 Å². The van der Waals surface area contributed by atoms with E-state index in [1.807, 2.05) is 32.0 Å². The smallest absolute Gasteiger partial charge is 0.248 e. The lowest BCUT2D eigenvalue weighted by Gasteiger charge is -2.12. The van der Waals surface area contributed by atoms with Crippen molar-refractivity contribution in [2.24, 2.45) is 0 Å². The molecule has 0 aliphatic rings. The number of hydrogen-bond acceptors (Lipinski definition) is 7. The highest BCUT2D eigenvalue weighted by Gasteiger charge is 2.19. The van der Waals surface area contributed by atoms with Crippen molar-refractivity contribution >= 4 is 23.2 Å². The van der Waals surface area contributed by atoms with Crippen LogP contribution in [0.2, 0.25) is 10.0 Å². The molecule has 0 fully saturated rings. The monoisotopic (exact) mass is 545 g/mol. The van der Waals surface area contributed by atoms with Crippen LogP contribution in [0.15, 0.2) is 52.9 Å². The molecule has 7 nitrogen and oxygen atoms in total. The quantitative estimate of drug-likeness (QED) is 0.237. The highest BCUT2D eigenvalue weighted by Crippen LogP contribution is 2.36. The molecule has 1 atom stereocenters. The van der Waals surface area contributed by atoms with Crippen molar-refractivity contribution in [3.8, 4) is 23.0 Å². The number of benzene rings is 3. The summed E-state index contributed by atoms with van der Waals surface area (Å²) in [6, 6.07) is 14.0. The SMILES string of the molecule is Cc1cc(Cl)cc(Oc2c(Cl)ccc(Cc3nnc(-c4ccc(CNCC(O)CO)cc4C)o3)c2F)c1. The van der Waals surface area contributed by atoms with Crippen molar-refractivity contribution in [1.82, 2.24) is 15.5 Å². The van der Waals surface area contributed by atoms with Crippen molar-refractivity contribution in [2.75, 3.05) is 13.2 Å². The van der Waals surface area contributed by atoms with Gasteiger partial charge in [-0.2, -0.15) is 0 Å². The van der Waals surface area contributed by atoms with Gasteiger partial charge in [0, 0.05) is 29.2 Å². The lowest BCUT2D eigenvalue weighted by atomic mass is 10.0. The number of ether oxygens (including phenoxy) is 1. The molecule has 1 heterocycles. The van der Waals surface area contributed by atoms with Crippen molar-refractivity contribution in [1.29, 1.82) is 0 Å². The number of aliphatic hydroxyl groups excluding tert-OH is 2. The molecule has 0 bridgehead atoms. The van der Waals surface area contributed by atoms with Gasteiger partial charge in [-0.1, -0.05) is 41.4 Å². The van der Waals surface area contributed by atoms with Crippen LogP contribution in [0.3, 0.4) is 0 Å². The molecular weight excluding hydrogens is 520 g/mol. The number of rotatable bonds is 10. The Morgan fingerprint density at radius 2 is 1.89 bits per heavy atom. The molecular formula is C27H26Cl2FN3O4. The predicted octanol–water partition coefficient (Wildman–Crippen LogP) is 5.63. The molecule has 0 aliphatic carbocycles. The number of aliphatic hydroxyl groups is 2. The Hall–Kier alpha value is -3.01. The largest absolute Gasteiger partial charge is 0.453 e. The van der Waals surface area contributed by atoms with Gasteiger partial charge in [-0.3, -0.25) is 0 Å². The zero-order valence-electron chi connectivity index (χ0n) is 20.3. The molecule has 3 N–H and O–H groups in total. The van der Waals surface area contributed by atoms with E-state index in [0.29, 0.717) is 23.2 Å². The molecule has 4 aromatic rings. The van der Waals surface area contributed by atoms with Gasteiger partial charge < -0.3 is 24.7 Å². The molecule has 10 heteroatoms. The zero-order chi connectivity index (χ0) is 26.5. The van der Waals surface area contributed by atoms with Crippen LogP contribution in [0.25, 0.3) is 11.5 Å². The van der Waals surface area contributed by atoms with Gasteiger partial charge >= 0.3 is 0 Å². The van der Waals surface area contributed by atoms with Gasteiger partial charge in [0.15, 0.2) is 11.6 Å². The molecule has 0 radical (unpaired) electrons. The van der Waals surface area contributed by atoms with Gasteiger partial charge in [0.2, 0.25) is 11.8 Å². The first-order valence-corrected chi connectivity index (χ1v) is 12.3. The van der Waals surface area contributed by atoms with E-state index in [1.54, 1.807) is 30.3 Å². The van der Waals surface area contributed by atoms with Crippen LogP contribution in [0.1, 0.15) is 28.1 Å². The summed E-state index contributed by atoms with van der Waals surface area (Å²) in [5, 5.41) is 30.3. The Morgan fingerprint density at radius 1 is 1.08 bits per heavy atom. The van der Waals surface area contributed by atoms with Crippen molar-refractivity contribution in [3.63, 3.8) is 0 Å². The number of aromatic nitrogens is 2. The summed E-state index contributed by atoms with van der Waals surface area (Å²) in [5.74, 6) is 0.213. The molecule has 37 heavy (non-hydrogen) atoms. The van der Waals surface area contributed by atoms with Crippen LogP contribution < -0.4 is 10.1 Å². The summed E-state index contributed by atoms with van der Waals surface area (Å²) in [4.78, 5) is 0. The first kappa shape index (κ1) is 27.0. The maximum absolute atomic E-state index is 15.4. The Morgan fingerprint density at radius 3 is 2.62 bits per heavy atom. The topological polar surface area (TPSA) is 101 Å². The molecule has 0 saturated heterocycles. The summed E-state index contributed by atoms with van der Waals surface area (Å²) >= 11 is 12.3. The van der Waals surface area contributed by atoms with Crippen molar-refractivity contribution < 1.29 is 23.8 Å². The van der Waals surface area contributed by atoms with Gasteiger partial charge in [-0.15, -0.1) is 10.2 Å². The zero-order valence-corrected chi connectivity index (χ0v) is 21.8. The van der Waals surface area contributed by atoms with Crippen molar-refractivity contribution in [2.45, 2.75) is 32.9 Å². The Bertz CT molecular complexity index is 1380. The molecule has 0 amide bonds. The van der Waals surface area contributed by atoms with Gasteiger partial charge in [0.25, 0.3) is 0 Å². The summed E-state index contributed by atoms with van der Waals surface area (Å²) in [6.45, 7) is 4.31. The van der Waals surface area contributed by atoms with E-state index in [4.69, 9.17) is 37.5 Å². The molecule has 1 unspecified atom stereocenters. The second kappa shape index (κ2) is 12.0. The lowest BCUT2D eigenvalue weighted by Crippen LogP contribution is -2.28. The van der Waals surface area contributed by atoms with Gasteiger partial charge in [-0.05, 0) is 60.9 Å². The first-order chi connectivity index (χ1) is 17.7. The van der Waals surface area contributed by atoms with Gasteiger partial charge in [0.1, 0.15) is 5.75 Å². The first-order valence-electron chi connectivity index (χ1n) is 11.6. The Kier molecular flexibility index (Phi) is 8.79. The van der Waals surface area contributed by atoms with Crippen LogP contribution in [0, 0.1) is 19.7 Å². The van der Waals surface area contributed by atoms with E-state index in [2.05, 4.69) is 15.5 Å². The number of aryl methyl sites for hydroxylation is 2.